The zero-order valence-electron chi connectivity index (χ0n) is 10.4. The Hall–Kier alpha value is -1.16. The third kappa shape index (κ3) is 2.75. The van der Waals surface area contributed by atoms with Gasteiger partial charge in [0.25, 0.3) is 0 Å². The van der Waals surface area contributed by atoms with Crippen LogP contribution in [0.5, 0.6) is 0 Å². The number of hydrogen-bond acceptors (Lipinski definition) is 4. The van der Waals surface area contributed by atoms with Crippen LogP contribution in [0.15, 0.2) is 12.4 Å². The van der Waals surface area contributed by atoms with Gasteiger partial charge in [0.2, 0.25) is 0 Å². The molecule has 2 aliphatic rings. The molecule has 1 N–H and O–H groups in total. The van der Waals surface area contributed by atoms with Gasteiger partial charge in [-0.3, -0.25) is 4.98 Å². The van der Waals surface area contributed by atoms with Crippen LogP contribution >= 0.6 is 0 Å². The van der Waals surface area contributed by atoms with Gasteiger partial charge in [-0.2, -0.15) is 0 Å². The summed E-state index contributed by atoms with van der Waals surface area (Å²) in [5.74, 6) is 1.82. The van der Waals surface area contributed by atoms with Crippen molar-refractivity contribution < 1.29 is 0 Å². The molecule has 1 aliphatic carbocycles. The van der Waals surface area contributed by atoms with Crippen molar-refractivity contribution in [2.24, 2.45) is 5.92 Å². The highest BCUT2D eigenvalue weighted by Crippen LogP contribution is 2.21. The summed E-state index contributed by atoms with van der Waals surface area (Å²) in [5.41, 5.74) is 1.05. The highest BCUT2D eigenvalue weighted by molar-refractivity contribution is 5.37. The van der Waals surface area contributed by atoms with Gasteiger partial charge in [0.15, 0.2) is 0 Å². The quantitative estimate of drug-likeness (QED) is 0.855. The predicted molar refractivity (Wildman–Crippen MR) is 67.9 cm³/mol. The Morgan fingerprint density at radius 2 is 2.18 bits per heavy atom. The zero-order valence-corrected chi connectivity index (χ0v) is 10.4. The van der Waals surface area contributed by atoms with Gasteiger partial charge in [0, 0.05) is 25.7 Å². The Labute approximate surface area is 102 Å². The van der Waals surface area contributed by atoms with Gasteiger partial charge in [0.1, 0.15) is 5.82 Å². The largest absolute Gasteiger partial charge is 0.355 e. The fourth-order valence-electron chi connectivity index (χ4n) is 2.28. The van der Waals surface area contributed by atoms with Crippen LogP contribution in [0.25, 0.3) is 0 Å². The van der Waals surface area contributed by atoms with Gasteiger partial charge in [-0.1, -0.05) is 6.92 Å². The minimum absolute atomic E-state index is 0.732. The van der Waals surface area contributed by atoms with Crippen LogP contribution in [0, 0.1) is 5.92 Å². The summed E-state index contributed by atoms with van der Waals surface area (Å²) in [7, 11) is 0. The molecule has 0 bridgehead atoms. The topological polar surface area (TPSA) is 41.1 Å². The lowest BCUT2D eigenvalue weighted by molar-refractivity contribution is 0.657. The lowest BCUT2D eigenvalue weighted by atomic mass is 10.2. The third-order valence-electron chi connectivity index (χ3n) is 3.59. The number of rotatable bonds is 4. The highest BCUT2D eigenvalue weighted by atomic mass is 15.2. The normalized spacial score (nSPS) is 24.3. The predicted octanol–water partition coefficient (Wildman–Crippen LogP) is 1.57. The summed E-state index contributed by atoms with van der Waals surface area (Å²) in [6.45, 7) is 5.39. The average Bonchev–Trinajstić information content (AvgIpc) is 3.09. The van der Waals surface area contributed by atoms with Crippen LogP contribution in [-0.2, 0) is 6.54 Å². The molecule has 0 spiro atoms. The van der Waals surface area contributed by atoms with Gasteiger partial charge >= 0.3 is 0 Å². The SMILES string of the molecule is CC1CCN(c2cnc(CNC3CC3)cn2)C1. The number of nitrogens with zero attached hydrogens (tertiary/aromatic N) is 3. The Bertz CT molecular complexity index is 372. The first-order valence-electron chi connectivity index (χ1n) is 6.60. The molecule has 1 atom stereocenters. The second-order valence-electron chi connectivity index (χ2n) is 5.36. The third-order valence-corrected chi connectivity index (χ3v) is 3.59. The molecule has 1 aromatic heterocycles. The van der Waals surface area contributed by atoms with E-state index in [2.05, 4.69) is 27.1 Å². The van der Waals surface area contributed by atoms with E-state index in [0.717, 1.165) is 43.1 Å². The van der Waals surface area contributed by atoms with Crippen molar-refractivity contribution in [1.29, 1.82) is 0 Å². The summed E-state index contributed by atoms with van der Waals surface area (Å²) in [6.07, 6.45) is 7.73. The average molecular weight is 232 g/mol. The molecule has 0 radical (unpaired) electrons. The minimum atomic E-state index is 0.732. The molecule has 4 heteroatoms. The molecule has 0 aromatic carbocycles. The molecular weight excluding hydrogens is 212 g/mol. The Morgan fingerprint density at radius 3 is 2.76 bits per heavy atom. The molecule has 1 unspecified atom stereocenters. The summed E-state index contributed by atoms with van der Waals surface area (Å²) in [5, 5.41) is 3.45. The molecule has 4 nitrogen and oxygen atoms in total. The van der Waals surface area contributed by atoms with Crippen molar-refractivity contribution in [2.75, 3.05) is 18.0 Å². The minimum Gasteiger partial charge on any atom is -0.355 e. The highest BCUT2D eigenvalue weighted by Gasteiger charge is 2.21. The fourth-order valence-corrected chi connectivity index (χ4v) is 2.28. The monoisotopic (exact) mass is 232 g/mol. The zero-order chi connectivity index (χ0) is 11.7. The Balaban J connectivity index is 1.58. The van der Waals surface area contributed by atoms with E-state index in [1.54, 1.807) is 0 Å². The van der Waals surface area contributed by atoms with Crippen molar-refractivity contribution in [3.63, 3.8) is 0 Å². The number of aromatic nitrogens is 2. The van der Waals surface area contributed by atoms with Crippen LogP contribution in [0.2, 0.25) is 0 Å². The Kier molecular flexibility index (Phi) is 2.97. The number of hydrogen-bond donors (Lipinski definition) is 1. The van der Waals surface area contributed by atoms with E-state index >= 15 is 0 Å². The van der Waals surface area contributed by atoms with Gasteiger partial charge in [-0.05, 0) is 25.2 Å². The lowest BCUT2D eigenvalue weighted by Gasteiger charge is -2.16. The molecule has 2 fully saturated rings. The molecular formula is C13H20N4. The second-order valence-corrected chi connectivity index (χ2v) is 5.36. The van der Waals surface area contributed by atoms with Crippen LogP contribution in [-0.4, -0.2) is 29.1 Å². The van der Waals surface area contributed by atoms with Crippen molar-refractivity contribution in [3.05, 3.63) is 18.1 Å². The van der Waals surface area contributed by atoms with Gasteiger partial charge < -0.3 is 10.2 Å². The first-order chi connectivity index (χ1) is 8.31. The van der Waals surface area contributed by atoms with E-state index < -0.39 is 0 Å². The molecule has 1 saturated heterocycles. The van der Waals surface area contributed by atoms with E-state index in [-0.39, 0.29) is 0 Å². The van der Waals surface area contributed by atoms with Crippen molar-refractivity contribution in [1.82, 2.24) is 15.3 Å². The van der Waals surface area contributed by atoms with Crippen molar-refractivity contribution in [3.8, 4) is 0 Å². The van der Waals surface area contributed by atoms with Gasteiger partial charge in [-0.25, -0.2) is 4.98 Å². The lowest BCUT2D eigenvalue weighted by Crippen LogP contribution is -2.21. The molecule has 92 valence electrons. The number of anilines is 1. The molecule has 0 amide bonds. The molecule has 1 aromatic rings. The van der Waals surface area contributed by atoms with E-state index in [4.69, 9.17) is 0 Å². The fraction of sp³-hybridized carbons (Fsp3) is 0.692. The maximum atomic E-state index is 4.52. The van der Waals surface area contributed by atoms with Crippen molar-refractivity contribution >= 4 is 5.82 Å². The summed E-state index contributed by atoms with van der Waals surface area (Å²) in [6, 6.07) is 0.732. The van der Waals surface area contributed by atoms with E-state index in [1.807, 2.05) is 12.4 Å². The summed E-state index contributed by atoms with van der Waals surface area (Å²) in [4.78, 5) is 11.3. The Morgan fingerprint density at radius 1 is 1.29 bits per heavy atom. The first-order valence-corrected chi connectivity index (χ1v) is 6.60. The van der Waals surface area contributed by atoms with Crippen LogP contribution in [0.3, 0.4) is 0 Å². The van der Waals surface area contributed by atoms with E-state index in [0.29, 0.717) is 0 Å². The molecule has 1 aliphatic heterocycles. The standard InChI is InChI=1S/C13H20N4/c1-10-4-5-17(9-10)13-8-15-12(7-16-13)6-14-11-2-3-11/h7-8,10-11,14H,2-6,9H2,1H3. The molecule has 3 rings (SSSR count). The van der Waals surface area contributed by atoms with Gasteiger partial charge in [0.05, 0.1) is 18.1 Å². The van der Waals surface area contributed by atoms with Crippen LogP contribution in [0.1, 0.15) is 31.9 Å². The number of nitrogens with one attached hydrogen (secondary N) is 1. The van der Waals surface area contributed by atoms with Crippen LogP contribution < -0.4 is 10.2 Å². The molecule has 2 heterocycles. The maximum absolute atomic E-state index is 4.52. The van der Waals surface area contributed by atoms with E-state index in [1.165, 1.54) is 19.3 Å². The first kappa shape index (κ1) is 11.0. The van der Waals surface area contributed by atoms with E-state index in [9.17, 15) is 0 Å². The summed E-state index contributed by atoms with van der Waals surface area (Å²) >= 11 is 0. The molecule has 1 saturated carbocycles. The second kappa shape index (κ2) is 4.61. The van der Waals surface area contributed by atoms with Crippen molar-refractivity contribution in [2.45, 2.75) is 38.8 Å². The smallest absolute Gasteiger partial charge is 0.147 e. The summed E-state index contributed by atoms with van der Waals surface area (Å²) < 4.78 is 0. The maximum Gasteiger partial charge on any atom is 0.147 e. The van der Waals surface area contributed by atoms with Gasteiger partial charge in [-0.15, -0.1) is 0 Å². The molecule has 17 heavy (non-hydrogen) atoms. The van der Waals surface area contributed by atoms with Crippen LogP contribution in [0.4, 0.5) is 5.82 Å².